The van der Waals surface area contributed by atoms with E-state index in [1.165, 1.54) is 11.1 Å². The molecule has 0 unspecified atom stereocenters. The van der Waals surface area contributed by atoms with Crippen molar-refractivity contribution in [3.05, 3.63) is 46.1 Å². The van der Waals surface area contributed by atoms with Crippen LogP contribution in [0.5, 0.6) is 0 Å². The number of halogens is 1. The number of furan rings is 1. The Labute approximate surface area is 131 Å². The molecular weight excluding hydrogens is 330 g/mol. The molecule has 1 aromatic carbocycles. The first-order valence-electron chi connectivity index (χ1n) is 6.63. The summed E-state index contributed by atoms with van der Waals surface area (Å²) in [5, 5.41) is 4.50. The topological polar surface area (TPSA) is 57.0 Å². The molecule has 0 aliphatic carbocycles. The molecule has 2 aromatic heterocycles. The van der Waals surface area contributed by atoms with Crippen molar-refractivity contribution in [3.63, 3.8) is 0 Å². The van der Waals surface area contributed by atoms with Gasteiger partial charge in [-0.15, -0.1) is 0 Å². The average Bonchev–Trinajstić information content (AvgIpc) is 2.99. The zero-order valence-electron chi connectivity index (χ0n) is 12.1. The van der Waals surface area contributed by atoms with Crippen LogP contribution < -0.4 is 5.73 Å². The van der Waals surface area contributed by atoms with Gasteiger partial charge in [-0.2, -0.15) is 5.10 Å². The van der Waals surface area contributed by atoms with Crippen molar-refractivity contribution in [2.75, 3.05) is 5.73 Å². The molecule has 0 amide bonds. The molecule has 0 aliphatic heterocycles. The van der Waals surface area contributed by atoms with Gasteiger partial charge < -0.3 is 10.2 Å². The molecular formula is C16H16BrN3O. The van der Waals surface area contributed by atoms with Gasteiger partial charge in [0.25, 0.3) is 0 Å². The number of rotatable bonds is 2. The molecule has 0 radical (unpaired) electrons. The first-order valence-corrected chi connectivity index (χ1v) is 7.42. The van der Waals surface area contributed by atoms with Crippen LogP contribution in [-0.2, 0) is 7.05 Å². The fourth-order valence-electron chi connectivity index (χ4n) is 2.33. The number of anilines is 1. The van der Waals surface area contributed by atoms with Crippen LogP contribution in [0.15, 0.2) is 39.4 Å². The smallest absolute Gasteiger partial charge is 0.169 e. The molecule has 0 fully saturated rings. The quantitative estimate of drug-likeness (QED) is 0.752. The number of nitrogen functional groups attached to an aromatic ring is 1. The van der Waals surface area contributed by atoms with E-state index in [2.05, 4.69) is 53.1 Å². The highest BCUT2D eigenvalue weighted by Gasteiger charge is 2.20. The third kappa shape index (κ3) is 2.38. The summed E-state index contributed by atoms with van der Waals surface area (Å²) in [4.78, 5) is 0. The predicted octanol–water partition coefficient (Wildman–Crippen LogP) is 4.31. The molecule has 0 saturated heterocycles. The van der Waals surface area contributed by atoms with Crippen molar-refractivity contribution >= 4 is 21.7 Å². The lowest BCUT2D eigenvalue weighted by atomic mass is 9.99. The lowest BCUT2D eigenvalue weighted by molar-refractivity contribution is 0.552. The van der Waals surface area contributed by atoms with Gasteiger partial charge >= 0.3 is 0 Å². The molecule has 0 saturated carbocycles. The highest BCUT2D eigenvalue weighted by atomic mass is 79.9. The monoisotopic (exact) mass is 345 g/mol. The maximum absolute atomic E-state index is 6.21. The summed E-state index contributed by atoms with van der Waals surface area (Å²) in [6.07, 6.45) is 0. The first kappa shape index (κ1) is 13.9. The van der Waals surface area contributed by atoms with E-state index >= 15 is 0 Å². The first-order chi connectivity index (χ1) is 9.97. The minimum Gasteiger partial charge on any atom is -0.448 e. The van der Waals surface area contributed by atoms with Gasteiger partial charge in [0.15, 0.2) is 10.4 Å². The van der Waals surface area contributed by atoms with Crippen LogP contribution in [0.2, 0.25) is 0 Å². The van der Waals surface area contributed by atoms with Crippen molar-refractivity contribution in [2.45, 2.75) is 13.8 Å². The van der Waals surface area contributed by atoms with Gasteiger partial charge in [0.05, 0.1) is 5.56 Å². The summed E-state index contributed by atoms with van der Waals surface area (Å²) < 4.78 is 7.99. The van der Waals surface area contributed by atoms with Gasteiger partial charge in [0.2, 0.25) is 0 Å². The second-order valence-electron chi connectivity index (χ2n) is 5.14. The maximum Gasteiger partial charge on any atom is 0.169 e. The summed E-state index contributed by atoms with van der Waals surface area (Å²) in [6.45, 7) is 4.19. The Hall–Kier alpha value is -2.01. The molecule has 3 rings (SSSR count). The van der Waals surface area contributed by atoms with Gasteiger partial charge in [0, 0.05) is 7.05 Å². The van der Waals surface area contributed by atoms with Crippen LogP contribution in [0.25, 0.3) is 22.6 Å². The third-order valence-corrected chi connectivity index (χ3v) is 4.12. The molecule has 5 heteroatoms. The second-order valence-corrected chi connectivity index (χ2v) is 5.92. The van der Waals surface area contributed by atoms with E-state index in [-0.39, 0.29) is 0 Å². The Morgan fingerprint density at radius 2 is 1.90 bits per heavy atom. The maximum atomic E-state index is 6.21. The van der Waals surface area contributed by atoms with Gasteiger partial charge in [-0.05, 0) is 58.6 Å². The molecule has 2 N–H and O–H groups in total. The normalized spacial score (nSPS) is 11.0. The highest BCUT2D eigenvalue weighted by Crippen LogP contribution is 2.37. The van der Waals surface area contributed by atoms with E-state index in [1.807, 2.05) is 19.2 Å². The number of hydrogen-bond donors (Lipinski definition) is 1. The molecule has 0 atom stereocenters. The Morgan fingerprint density at radius 3 is 2.52 bits per heavy atom. The van der Waals surface area contributed by atoms with Crippen molar-refractivity contribution in [1.82, 2.24) is 9.78 Å². The van der Waals surface area contributed by atoms with Gasteiger partial charge in [-0.25, -0.2) is 0 Å². The van der Waals surface area contributed by atoms with Crippen LogP contribution in [0.3, 0.4) is 0 Å². The fraction of sp³-hybridized carbons (Fsp3) is 0.188. The molecule has 0 aliphatic rings. The van der Waals surface area contributed by atoms with Crippen molar-refractivity contribution < 1.29 is 4.42 Å². The predicted molar refractivity (Wildman–Crippen MR) is 87.9 cm³/mol. The molecule has 108 valence electrons. The number of nitrogens with zero attached hydrogens (tertiary/aromatic N) is 2. The van der Waals surface area contributed by atoms with Crippen molar-refractivity contribution in [2.24, 2.45) is 7.05 Å². The van der Waals surface area contributed by atoms with Crippen LogP contribution in [0.1, 0.15) is 11.1 Å². The average molecular weight is 346 g/mol. The van der Waals surface area contributed by atoms with E-state index in [9.17, 15) is 0 Å². The lowest BCUT2D eigenvalue weighted by Gasteiger charge is -2.06. The van der Waals surface area contributed by atoms with Gasteiger partial charge in [0.1, 0.15) is 11.5 Å². The minimum atomic E-state index is 0.626. The molecule has 4 nitrogen and oxygen atoms in total. The number of aromatic nitrogens is 2. The standard InChI is InChI=1S/C16H16BrN3O/c1-9-4-5-11(8-10(9)2)14-15(19-20(3)16(14)18)12-6-7-13(17)21-12/h4-8H,18H2,1-3H3. The van der Waals surface area contributed by atoms with Crippen LogP contribution in [0, 0.1) is 13.8 Å². The van der Waals surface area contributed by atoms with Crippen molar-refractivity contribution in [1.29, 1.82) is 0 Å². The molecule has 2 heterocycles. The highest BCUT2D eigenvalue weighted by molar-refractivity contribution is 9.10. The summed E-state index contributed by atoms with van der Waals surface area (Å²) in [5.74, 6) is 1.32. The number of nitrogens with two attached hydrogens (primary N) is 1. The second kappa shape index (κ2) is 5.07. The summed E-state index contributed by atoms with van der Waals surface area (Å²) in [6, 6.07) is 10.0. The van der Waals surface area contributed by atoms with Crippen molar-refractivity contribution in [3.8, 4) is 22.6 Å². The Kier molecular flexibility index (Phi) is 3.37. The number of hydrogen-bond acceptors (Lipinski definition) is 3. The van der Waals surface area contributed by atoms with E-state index < -0.39 is 0 Å². The summed E-state index contributed by atoms with van der Waals surface area (Å²) in [5.41, 5.74) is 11.4. The van der Waals surface area contributed by atoms with Crippen LogP contribution in [0.4, 0.5) is 5.82 Å². The van der Waals surface area contributed by atoms with E-state index in [4.69, 9.17) is 10.2 Å². The minimum absolute atomic E-state index is 0.626. The number of benzene rings is 1. The molecule has 0 spiro atoms. The largest absolute Gasteiger partial charge is 0.448 e. The Bertz CT molecular complexity index is 817. The zero-order valence-corrected chi connectivity index (χ0v) is 13.7. The SMILES string of the molecule is Cc1ccc(-c2c(-c3ccc(Br)o3)nn(C)c2N)cc1C. The Balaban J connectivity index is 2.24. The van der Waals surface area contributed by atoms with E-state index in [1.54, 1.807) is 4.68 Å². The van der Waals surface area contributed by atoms with E-state index in [0.29, 0.717) is 16.2 Å². The van der Waals surface area contributed by atoms with Crippen LogP contribution >= 0.6 is 15.9 Å². The summed E-state index contributed by atoms with van der Waals surface area (Å²) >= 11 is 3.32. The fourth-order valence-corrected chi connectivity index (χ4v) is 2.64. The lowest BCUT2D eigenvalue weighted by Crippen LogP contribution is -1.98. The zero-order chi connectivity index (χ0) is 15.1. The van der Waals surface area contributed by atoms with Crippen LogP contribution in [-0.4, -0.2) is 9.78 Å². The molecule has 0 bridgehead atoms. The van der Waals surface area contributed by atoms with E-state index in [0.717, 1.165) is 16.8 Å². The van der Waals surface area contributed by atoms with Gasteiger partial charge in [-0.1, -0.05) is 18.2 Å². The Morgan fingerprint density at radius 1 is 1.14 bits per heavy atom. The number of aryl methyl sites for hydroxylation is 3. The molecule has 21 heavy (non-hydrogen) atoms. The summed E-state index contributed by atoms with van der Waals surface area (Å²) in [7, 11) is 1.83. The molecule has 3 aromatic rings. The van der Waals surface area contributed by atoms with Gasteiger partial charge in [-0.3, -0.25) is 4.68 Å². The third-order valence-electron chi connectivity index (χ3n) is 3.69.